The van der Waals surface area contributed by atoms with Gasteiger partial charge in [-0.15, -0.1) is 0 Å². The summed E-state index contributed by atoms with van der Waals surface area (Å²) in [5, 5.41) is 18.3. The van der Waals surface area contributed by atoms with Gasteiger partial charge in [-0.05, 0) is 18.1 Å². The first-order chi connectivity index (χ1) is 10.7. The molecule has 0 spiro atoms. The lowest BCUT2D eigenvalue weighted by atomic mass is 9.88. The van der Waals surface area contributed by atoms with E-state index < -0.39 is 41.1 Å². The van der Waals surface area contributed by atoms with Crippen LogP contribution in [0.1, 0.15) is 12.0 Å². The van der Waals surface area contributed by atoms with E-state index in [0.29, 0.717) is 5.56 Å². The van der Waals surface area contributed by atoms with E-state index in [0.717, 1.165) is 0 Å². The van der Waals surface area contributed by atoms with Gasteiger partial charge in [0.25, 0.3) is 0 Å². The molecule has 5 atom stereocenters. The third kappa shape index (κ3) is 2.07. The van der Waals surface area contributed by atoms with Gasteiger partial charge in [-0.3, -0.25) is 9.59 Å². The van der Waals surface area contributed by atoms with E-state index >= 15 is 0 Å². The van der Waals surface area contributed by atoms with Gasteiger partial charge in [0.15, 0.2) is 0 Å². The van der Waals surface area contributed by atoms with Gasteiger partial charge in [0.1, 0.15) is 5.54 Å². The average molecular weight is 326 g/mol. The molecule has 23 heavy (non-hydrogen) atoms. The summed E-state index contributed by atoms with van der Waals surface area (Å²) in [6.45, 7) is -0.0768. The number of ether oxygens (including phenoxy) is 1. The highest BCUT2D eigenvalue weighted by Gasteiger charge is 2.85. The number of nitrogens with two attached hydrogens (primary N) is 1. The summed E-state index contributed by atoms with van der Waals surface area (Å²) in [5.41, 5.74) is 1.28. The first kappa shape index (κ1) is 15.6. The fraction of sp³-hybridized carbons (Fsp3) is 0.500. The van der Waals surface area contributed by atoms with E-state index in [1.807, 2.05) is 0 Å². The molecule has 1 aromatic rings. The van der Waals surface area contributed by atoms with Crippen LogP contribution in [0.2, 0.25) is 0 Å². The number of pyridine rings is 1. The molecule has 9 heteroatoms. The number of halogens is 1. The molecule has 0 saturated heterocycles. The number of aliphatic carboxylic acids is 2. The first-order valence-corrected chi connectivity index (χ1v) is 6.96. The molecule has 3 rings (SSSR count). The third-order valence-electron chi connectivity index (χ3n) is 4.79. The van der Waals surface area contributed by atoms with Crippen LogP contribution in [0.5, 0.6) is 0 Å². The highest BCUT2D eigenvalue weighted by molar-refractivity contribution is 5.90. The molecule has 0 amide bonds. The van der Waals surface area contributed by atoms with Gasteiger partial charge in [-0.25, -0.2) is 9.18 Å². The van der Waals surface area contributed by atoms with Crippen molar-refractivity contribution in [1.82, 2.24) is 4.98 Å². The van der Waals surface area contributed by atoms with E-state index in [9.17, 15) is 23.9 Å². The number of hydrogen-bond donors (Lipinski definition) is 4. The lowest BCUT2D eigenvalue weighted by Crippen LogP contribution is -2.60. The Labute approximate surface area is 129 Å². The molecular formula is C14H15FN2O6. The Hall–Kier alpha value is -2.26. The van der Waals surface area contributed by atoms with Gasteiger partial charge < -0.3 is 25.7 Å². The van der Waals surface area contributed by atoms with Crippen LogP contribution in [-0.2, 0) is 20.9 Å². The van der Waals surface area contributed by atoms with Crippen molar-refractivity contribution in [2.24, 2.45) is 17.6 Å². The van der Waals surface area contributed by atoms with E-state index in [1.54, 1.807) is 6.07 Å². The monoisotopic (exact) mass is 326 g/mol. The SMILES string of the molecule is NC1(C(=O)O)C(OCc2cc[nH]c(=O)c2)CC2C1C2(F)C(=O)O. The average Bonchev–Trinajstić information content (AvgIpc) is 2.95. The number of H-pyrrole nitrogens is 1. The number of carboxylic acid groups (broad SMARTS) is 2. The van der Waals surface area contributed by atoms with Crippen molar-refractivity contribution in [1.29, 1.82) is 0 Å². The molecule has 8 nitrogen and oxygen atoms in total. The number of carbonyl (C=O) groups is 2. The van der Waals surface area contributed by atoms with E-state index in [1.165, 1.54) is 12.3 Å². The zero-order valence-electron chi connectivity index (χ0n) is 11.9. The van der Waals surface area contributed by atoms with Crippen LogP contribution in [0.15, 0.2) is 23.1 Å². The van der Waals surface area contributed by atoms with Crippen molar-refractivity contribution in [3.63, 3.8) is 0 Å². The van der Waals surface area contributed by atoms with Crippen LogP contribution in [0.25, 0.3) is 0 Å². The summed E-state index contributed by atoms with van der Waals surface area (Å²) in [6.07, 6.45) is 0.286. The number of hydrogen-bond acceptors (Lipinski definition) is 5. The fourth-order valence-electron chi connectivity index (χ4n) is 3.58. The van der Waals surface area contributed by atoms with Crippen molar-refractivity contribution in [3.05, 3.63) is 34.2 Å². The van der Waals surface area contributed by atoms with Crippen molar-refractivity contribution >= 4 is 11.9 Å². The zero-order chi connectivity index (χ0) is 17.0. The lowest BCUT2D eigenvalue weighted by molar-refractivity contribution is -0.156. The van der Waals surface area contributed by atoms with Crippen LogP contribution in [0.4, 0.5) is 4.39 Å². The second kappa shape index (κ2) is 4.87. The number of aromatic nitrogens is 1. The number of alkyl halides is 1. The minimum atomic E-state index is -2.61. The Morgan fingerprint density at radius 3 is 2.70 bits per heavy atom. The fourth-order valence-corrected chi connectivity index (χ4v) is 3.58. The summed E-state index contributed by atoms with van der Waals surface area (Å²) in [5.74, 6) is -5.50. The Bertz CT molecular complexity index is 736. The standard InChI is InChI=1S/C14H15FN2O6/c15-13(11(19)20)7-4-8(14(16,10(7)13)12(21)22)23-5-6-1-2-17-9(18)3-6/h1-3,7-8,10H,4-5,16H2,(H,17,18)(H,19,20)(H,21,22). The molecule has 2 aliphatic rings. The minimum Gasteiger partial charge on any atom is -0.480 e. The van der Waals surface area contributed by atoms with Crippen molar-refractivity contribution in [2.45, 2.75) is 30.3 Å². The Kier molecular flexibility index (Phi) is 3.31. The quantitative estimate of drug-likeness (QED) is 0.570. The molecule has 5 unspecified atom stereocenters. The van der Waals surface area contributed by atoms with Gasteiger partial charge in [0.05, 0.1) is 12.7 Å². The maximum Gasteiger partial charge on any atom is 0.342 e. The van der Waals surface area contributed by atoms with Gasteiger partial charge >= 0.3 is 11.9 Å². The minimum absolute atomic E-state index is 0.0768. The van der Waals surface area contributed by atoms with Crippen molar-refractivity contribution in [3.8, 4) is 0 Å². The van der Waals surface area contributed by atoms with E-state index in [2.05, 4.69) is 4.98 Å². The molecule has 0 radical (unpaired) electrons. The molecule has 1 aromatic heterocycles. The molecular weight excluding hydrogens is 311 g/mol. The van der Waals surface area contributed by atoms with E-state index in [-0.39, 0.29) is 18.6 Å². The largest absolute Gasteiger partial charge is 0.480 e. The van der Waals surface area contributed by atoms with Crippen LogP contribution >= 0.6 is 0 Å². The predicted octanol–water partition coefficient (Wildman–Crippen LogP) is -0.515. The molecule has 2 fully saturated rings. The van der Waals surface area contributed by atoms with Crippen molar-refractivity contribution < 1.29 is 28.9 Å². The zero-order valence-corrected chi connectivity index (χ0v) is 11.9. The molecule has 1 heterocycles. The van der Waals surface area contributed by atoms with Crippen LogP contribution < -0.4 is 11.3 Å². The molecule has 2 aliphatic carbocycles. The number of rotatable bonds is 5. The highest BCUT2D eigenvalue weighted by Crippen LogP contribution is 2.67. The third-order valence-corrected chi connectivity index (χ3v) is 4.79. The maximum absolute atomic E-state index is 14.3. The Morgan fingerprint density at radius 1 is 1.43 bits per heavy atom. The Morgan fingerprint density at radius 2 is 2.13 bits per heavy atom. The summed E-state index contributed by atoms with van der Waals surface area (Å²) in [6, 6.07) is 2.86. The molecule has 2 saturated carbocycles. The predicted molar refractivity (Wildman–Crippen MR) is 73.3 cm³/mol. The molecule has 0 aliphatic heterocycles. The van der Waals surface area contributed by atoms with Gasteiger partial charge in [0, 0.05) is 24.1 Å². The highest BCUT2D eigenvalue weighted by atomic mass is 19.1. The smallest absolute Gasteiger partial charge is 0.342 e. The molecule has 0 bridgehead atoms. The van der Waals surface area contributed by atoms with Gasteiger partial charge in [0.2, 0.25) is 11.2 Å². The van der Waals surface area contributed by atoms with Gasteiger partial charge in [-0.2, -0.15) is 0 Å². The second-order valence-electron chi connectivity index (χ2n) is 5.99. The summed E-state index contributed by atoms with van der Waals surface area (Å²) in [4.78, 5) is 36.2. The van der Waals surface area contributed by atoms with Crippen LogP contribution in [0, 0.1) is 11.8 Å². The number of nitrogens with one attached hydrogen (secondary N) is 1. The van der Waals surface area contributed by atoms with Gasteiger partial charge in [-0.1, -0.05) is 0 Å². The lowest BCUT2D eigenvalue weighted by Gasteiger charge is -2.31. The maximum atomic E-state index is 14.3. The summed E-state index contributed by atoms with van der Waals surface area (Å²) in [7, 11) is 0. The topological polar surface area (TPSA) is 143 Å². The number of aromatic amines is 1. The van der Waals surface area contributed by atoms with Crippen LogP contribution in [0.3, 0.4) is 0 Å². The molecule has 5 N–H and O–H groups in total. The summed E-state index contributed by atoms with van der Waals surface area (Å²) >= 11 is 0. The molecule has 0 aromatic carbocycles. The first-order valence-electron chi connectivity index (χ1n) is 6.96. The van der Waals surface area contributed by atoms with Crippen molar-refractivity contribution in [2.75, 3.05) is 0 Å². The van der Waals surface area contributed by atoms with Crippen LogP contribution in [-0.4, -0.2) is 44.4 Å². The normalized spacial score (nSPS) is 38.1. The molecule has 124 valence electrons. The summed E-state index contributed by atoms with van der Waals surface area (Å²) < 4.78 is 19.8. The Balaban J connectivity index is 1.78. The number of fused-ring (bicyclic) bond motifs is 1. The van der Waals surface area contributed by atoms with E-state index in [4.69, 9.17) is 15.6 Å². The number of carboxylic acids is 2. The second-order valence-corrected chi connectivity index (χ2v) is 5.99.